The number of ether oxygens (including phenoxy) is 2. The summed E-state index contributed by atoms with van der Waals surface area (Å²) in [4.78, 5) is 26.8. The summed E-state index contributed by atoms with van der Waals surface area (Å²) in [6.45, 7) is -0.374. The van der Waals surface area contributed by atoms with E-state index in [1.165, 1.54) is 4.90 Å². The van der Waals surface area contributed by atoms with Gasteiger partial charge in [-0.3, -0.25) is 9.69 Å². The monoisotopic (exact) mass is 409 g/mol. The SMILES string of the molecule is O=C(OCC(=O)N1c2ccccc2OCC1c1ccccc1)c1ccc(F)cc1F. The molecule has 3 aromatic rings. The lowest BCUT2D eigenvalue weighted by Crippen LogP contribution is -2.43. The normalized spacial score (nSPS) is 15.1. The third-order valence-corrected chi connectivity index (χ3v) is 4.76. The highest BCUT2D eigenvalue weighted by atomic mass is 19.1. The van der Waals surface area contributed by atoms with E-state index in [4.69, 9.17) is 9.47 Å². The Balaban J connectivity index is 1.57. The molecule has 1 atom stereocenters. The second kappa shape index (κ2) is 8.32. The van der Waals surface area contributed by atoms with Crippen LogP contribution in [0.25, 0.3) is 0 Å². The number of rotatable bonds is 4. The summed E-state index contributed by atoms with van der Waals surface area (Å²) >= 11 is 0. The number of halogens is 2. The molecular formula is C23H17F2NO4. The van der Waals surface area contributed by atoms with Gasteiger partial charge >= 0.3 is 5.97 Å². The van der Waals surface area contributed by atoms with Crippen molar-refractivity contribution in [2.75, 3.05) is 18.1 Å². The fourth-order valence-electron chi connectivity index (χ4n) is 3.35. The molecule has 0 aromatic heterocycles. The lowest BCUT2D eigenvalue weighted by molar-refractivity contribution is -0.122. The molecule has 30 heavy (non-hydrogen) atoms. The van der Waals surface area contributed by atoms with Crippen molar-refractivity contribution in [3.05, 3.63) is 95.6 Å². The summed E-state index contributed by atoms with van der Waals surface area (Å²) in [6.07, 6.45) is 0. The summed E-state index contributed by atoms with van der Waals surface area (Å²) < 4.78 is 37.7. The van der Waals surface area contributed by atoms with Gasteiger partial charge in [0, 0.05) is 6.07 Å². The predicted octanol–water partition coefficient (Wildman–Crippen LogP) is 4.29. The van der Waals surface area contributed by atoms with Gasteiger partial charge in [-0.15, -0.1) is 0 Å². The zero-order valence-corrected chi connectivity index (χ0v) is 15.8. The van der Waals surface area contributed by atoms with Gasteiger partial charge < -0.3 is 9.47 Å². The van der Waals surface area contributed by atoms with Gasteiger partial charge in [-0.05, 0) is 29.8 Å². The van der Waals surface area contributed by atoms with Crippen LogP contribution in [0.1, 0.15) is 22.0 Å². The molecule has 0 fully saturated rings. The van der Waals surface area contributed by atoms with Crippen LogP contribution in [-0.4, -0.2) is 25.1 Å². The van der Waals surface area contributed by atoms with Crippen molar-refractivity contribution >= 4 is 17.6 Å². The van der Waals surface area contributed by atoms with Crippen molar-refractivity contribution in [3.63, 3.8) is 0 Å². The molecule has 0 saturated heterocycles. The summed E-state index contributed by atoms with van der Waals surface area (Å²) in [7, 11) is 0. The number of carbonyl (C=O) groups is 2. The Morgan fingerprint density at radius 3 is 2.50 bits per heavy atom. The maximum absolute atomic E-state index is 13.8. The molecule has 3 aromatic carbocycles. The topological polar surface area (TPSA) is 55.8 Å². The molecule has 0 radical (unpaired) electrons. The number of benzene rings is 3. The first-order chi connectivity index (χ1) is 14.5. The molecule has 0 spiro atoms. The Bertz CT molecular complexity index is 1090. The van der Waals surface area contributed by atoms with Crippen molar-refractivity contribution in [1.82, 2.24) is 0 Å². The smallest absolute Gasteiger partial charge is 0.341 e. The number of hydrogen-bond acceptors (Lipinski definition) is 4. The molecule has 5 nitrogen and oxygen atoms in total. The third kappa shape index (κ3) is 3.87. The number of nitrogens with zero attached hydrogens (tertiary/aromatic N) is 1. The Morgan fingerprint density at radius 2 is 1.73 bits per heavy atom. The summed E-state index contributed by atoms with van der Waals surface area (Å²) in [5, 5.41) is 0. The number of fused-ring (bicyclic) bond motifs is 1. The van der Waals surface area contributed by atoms with Gasteiger partial charge in [0.2, 0.25) is 0 Å². The van der Waals surface area contributed by atoms with Gasteiger partial charge in [-0.2, -0.15) is 0 Å². The maximum Gasteiger partial charge on any atom is 0.341 e. The van der Waals surface area contributed by atoms with Crippen molar-refractivity contribution in [2.24, 2.45) is 0 Å². The molecular weight excluding hydrogens is 392 g/mol. The van der Waals surface area contributed by atoms with Crippen molar-refractivity contribution < 1.29 is 27.8 Å². The summed E-state index contributed by atoms with van der Waals surface area (Å²) in [5.41, 5.74) is 0.967. The van der Waals surface area contributed by atoms with Gasteiger partial charge in [-0.1, -0.05) is 42.5 Å². The van der Waals surface area contributed by atoms with Crippen molar-refractivity contribution in [1.29, 1.82) is 0 Å². The Morgan fingerprint density at radius 1 is 1.00 bits per heavy atom. The summed E-state index contributed by atoms with van der Waals surface area (Å²) in [5.74, 6) is -2.86. The fourth-order valence-corrected chi connectivity index (χ4v) is 3.35. The van der Waals surface area contributed by atoms with Crippen LogP contribution in [0.5, 0.6) is 5.75 Å². The van der Waals surface area contributed by atoms with Gasteiger partial charge in [-0.25, -0.2) is 13.6 Å². The Hall–Kier alpha value is -3.74. The van der Waals surface area contributed by atoms with E-state index >= 15 is 0 Å². The zero-order valence-electron chi connectivity index (χ0n) is 15.8. The Labute approximate surface area is 171 Å². The minimum atomic E-state index is -1.05. The predicted molar refractivity (Wildman–Crippen MR) is 105 cm³/mol. The average molecular weight is 409 g/mol. The van der Waals surface area contributed by atoms with Crippen LogP contribution < -0.4 is 9.64 Å². The number of hydrogen-bond donors (Lipinski definition) is 0. The van der Waals surface area contributed by atoms with Crippen LogP contribution in [0.15, 0.2) is 72.8 Å². The van der Waals surface area contributed by atoms with E-state index in [1.807, 2.05) is 30.3 Å². The van der Waals surface area contributed by atoms with E-state index in [-0.39, 0.29) is 6.61 Å². The van der Waals surface area contributed by atoms with E-state index < -0.39 is 41.7 Å². The highest BCUT2D eigenvalue weighted by molar-refractivity contribution is 5.99. The Kier molecular flexibility index (Phi) is 5.43. The third-order valence-electron chi connectivity index (χ3n) is 4.76. The van der Waals surface area contributed by atoms with Crippen LogP contribution in [-0.2, 0) is 9.53 Å². The van der Waals surface area contributed by atoms with E-state index in [2.05, 4.69) is 0 Å². The van der Waals surface area contributed by atoms with Crippen molar-refractivity contribution in [2.45, 2.75) is 6.04 Å². The van der Waals surface area contributed by atoms with Crippen LogP contribution >= 0.6 is 0 Å². The van der Waals surface area contributed by atoms with Gasteiger partial charge in [0.15, 0.2) is 6.61 Å². The van der Waals surface area contributed by atoms with E-state index in [0.717, 1.165) is 17.7 Å². The molecule has 1 aliphatic heterocycles. The van der Waals surface area contributed by atoms with E-state index in [9.17, 15) is 18.4 Å². The molecule has 7 heteroatoms. The molecule has 1 heterocycles. The average Bonchev–Trinajstić information content (AvgIpc) is 2.77. The maximum atomic E-state index is 13.8. The number of para-hydroxylation sites is 2. The molecule has 4 rings (SSSR count). The molecule has 1 amide bonds. The van der Waals surface area contributed by atoms with Crippen LogP contribution in [0.3, 0.4) is 0 Å². The highest BCUT2D eigenvalue weighted by Crippen LogP contribution is 2.39. The van der Waals surface area contributed by atoms with Gasteiger partial charge in [0.05, 0.1) is 17.3 Å². The molecule has 0 saturated carbocycles. The van der Waals surface area contributed by atoms with E-state index in [1.54, 1.807) is 24.3 Å². The second-order valence-electron chi connectivity index (χ2n) is 6.67. The molecule has 0 N–H and O–H groups in total. The molecule has 0 bridgehead atoms. The molecule has 1 aliphatic rings. The number of amides is 1. The molecule has 1 unspecified atom stereocenters. The van der Waals surface area contributed by atoms with E-state index in [0.29, 0.717) is 17.5 Å². The standard InChI is InChI=1S/C23H17F2NO4/c24-16-10-11-17(18(25)12-16)23(28)30-14-22(27)26-19-8-4-5-9-21(19)29-13-20(26)15-6-2-1-3-7-15/h1-12,20H,13-14H2. The van der Waals surface area contributed by atoms with Crippen LogP contribution in [0, 0.1) is 11.6 Å². The quantitative estimate of drug-likeness (QED) is 0.604. The summed E-state index contributed by atoms with van der Waals surface area (Å²) in [6, 6.07) is 18.5. The second-order valence-corrected chi connectivity index (χ2v) is 6.67. The molecule has 0 aliphatic carbocycles. The minimum absolute atomic E-state index is 0.229. The van der Waals surface area contributed by atoms with Crippen molar-refractivity contribution in [3.8, 4) is 5.75 Å². The first-order valence-corrected chi connectivity index (χ1v) is 9.25. The fraction of sp³-hybridized carbons (Fsp3) is 0.130. The number of carbonyl (C=O) groups excluding carboxylic acids is 2. The van der Waals surface area contributed by atoms with Gasteiger partial charge in [0.1, 0.15) is 24.0 Å². The first kappa shape index (κ1) is 19.6. The van der Waals surface area contributed by atoms with Gasteiger partial charge in [0.25, 0.3) is 5.91 Å². The zero-order chi connectivity index (χ0) is 21.1. The number of esters is 1. The highest BCUT2D eigenvalue weighted by Gasteiger charge is 2.33. The number of anilines is 1. The molecule has 152 valence electrons. The minimum Gasteiger partial charge on any atom is -0.489 e. The lowest BCUT2D eigenvalue weighted by Gasteiger charge is -2.37. The van der Waals surface area contributed by atoms with Crippen LogP contribution in [0.4, 0.5) is 14.5 Å². The largest absolute Gasteiger partial charge is 0.489 e. The lowest BCUT2D eigenvalue weighted by atomic mass is 10.0. The first-order valence-electron chi connectivity index (χ1n) is 9.25. The van der Waals surface area contributed by atoms with Crippen LogP contribution in [0.2, 0.25) is 0 Å².